The fraction of sp³-hybridized carbons (Fsp3) is 0. The smallest absolute Gasteiger partial charge is 0.272 e. The molecule has 0 spiro atoms. The minimum Gasteiger partial charge on any atom is -0.383 e. The van der Waals surface area contributed by atoms with Gasteiger partial charge in [-0.3, -0.25) is 4.79 Å². The molecule has 0 saturated carbocycles. The zero-order chi connectivity index (χ0) is 18.8. The highest BCUT2D eigenvalue weighted by Gasteiger charge is 2.18. The van der Waals surface area contributed by atoms with Crippen LogP contribution in [0.4, 0.5) is 5.82 Å². The van der Waals surface area contributed by atoms with Gasteiger partial charge in [-0.15, -0.1) is 10.2 Å². The summed E-state index contributed by atoms with van der Waals surface area (Å²) in [6.45, 7) is 0. The molecule has 27 heavy (non-hydrogen) atoms. The Morgan fingerprint density at radius 1 is 0.852 bits per heavy atom. The summed E-state index contributed by atoms with van der Waals surface area (Å²) in [4.78, 5) is 16.0. The molecule has 2 aromatic heterocycles. The lowest BCUT2D eigenvalue weighted by molar-refractivity contribution is 0.100. The van der Waals surface area contributed by atoms with Crippen molar-refractivity contribution in [2.45, 2.75) is 0 Å². The second-order valence-corrected chi connectivity index (χ2v) is 5.76. The van der Waals surface area contributed by atoms with E-state index >= 15 is 0 Å². The molecule has 132 valence electrons. The molecule has 1 amide bonds. The van der Waals surface area contributed by atoms with Gasteiger partial charge in [-0.1, -0.05) is 60.7 Å². The number of carbonyl (C=O) groups excluding carboxylic acids is 1. The zero-order valence-electron chi connectivity index (χ0n) is 14.1. The predicted molar refractivity (Wildman–Crippen MR) is 101 cm³/mol. The largest absolute Gasteiger partial charge is 0.383 e. The summed E-state index contributed by atoms with van der Waals surface area (Å²) in [6, 6.07) is 19.3. The van der Waals surface area contributed by atoms with E-state index in [9.17, 15) is 4.79 Å². The highest BCUT2D eigenvalue weighted by Crippen LogP contribution is 2.28. The van der Waals surface area contributed by atoms with Crippen molar-refractivity contribution >= 4 is 11.7 Å². The molecule has 0 aliphatic carbocycles. The van der Waals surface area contributed by atoms with Gasteiger partial charge in [0.15, 0.2) is 0 Å². The number of anilines is 1. The van der Waals surface area contributed by atoms with E-state index in [1.165, 1.54) is 10.9 Å². The van der Waals surface area contributed by atoms with Crippen LogP contribution in [0, 0.1) is 0 Å². The Balaban J connectivity index is 1.91. The first kappa shape index (κ1) is 16.4. The average Bonchev–Trinajstić information content (AvgIpc) is 3.10. The molecule has 4 aromatic rings. The lowest BCUT2D eigenvalue weighted by atomic mass is 10.0. The van der Waals surface area contributed by atoms with E-state index in [0.29, 0.717) is 11.4 Å². The maximum Gasteiger partial charge on any atom is 0.272 e. The summed E-state index contributed by atoms with van der Waals surface area (Å²) < 4.78 is 1.24. The van der Waals surface area contributed by atoms with Crippen LogP contribution < -0.4 is 11.5 Å². The summed E-state index contributed by atoms with van der Waals surface area (Å²) in [6.07, 6.45) is 1.29. The van der Waals surface area contributed by atoms with E-state index < -0.39 is 5.91 Å². The van der Waals surface area contributed by atoms with Crippen molar-refractivity contribution in [2.24, 2.45) is 5.73 Å². The Hall–Kier alpha value is -4.07. The van der Waals surface area contributed by atoms with Crippen molar-refractivity contribution in [3.8, 4) is 28.5 Å². The number of amides is 1. The maximum atomic E-state index is 11.4. The summed E-state index contributed by atoms with van der Waals surface area (Å²) in [5, 5.41) is 12.6. The number of hydrogen-bond acceptors (Lipinski definition) is 6. The van der Waals surface area contributed by atoms with Crippen LogP contribution in [0.1, 0.15) is 10.4 Å². The van der Waals surface area contributed by atoms with E-state index in [2.05, 4.69) is 20.3 Å². The van der Waals surface area contributed by atoms with Gasteiger partial charge in [-0.25, -0.2) is 4.98 Å². The van der Waals surface area contributed by atoms with Gasteiger partial charge in [0.25, 0.3) is 11.9 Å². The number of benzene rings is 2. The molecule has 0 fully saturated rings. The third-order valence-corrected chi connectivity index (χ3v) is 4.03. The van der Waals surface area contributed by atoms with Crippen LogP contribution >= 0.6 is 0 Å². The minimum atomic E-state index is -0.670. The lowest BCUT2D eigenvalue weighted by Crippen LogP contribution is -2.14. The minimum absolute atomic E-state index is 0.0655. The molecule has 0 radical (unpaired) electrons. The summed E-state index contributed by atoms with van der Waals surface area (Å²) in [5.41, 5.74) is 14.4. The number of hydrogen-bond donors (Lipinski definition) is 2. The Labute approximate surface area is 154 Å². The van der Waals surface area contributed by atoms with Crippen molar-refractivity contribution < 1.29 is 4.79 Å². The fourth-order valence-electron chi connectivity index (χ4n) is 2.70. The molecule has 2 aromatic carbocycles. The quantitative estimate of drug-likeness (QED) is 0.576. The average molecular weight is 357 g/mol. The van der Waals surface area contributed by atoms with Gasteiger partial charge >= 0.3 is 0 Å². The second kappa shape index (κ2) is 6.68. The number of rotatable bonds is 4. The normalized spacial score (nSPS) is 10.7. The lowest BCUT2D eigenvalue weighted by Gasteiger charge is -2.10. The first-order chi connectivity index (χ1) is 13.1. The Morgan fingerprint density at radius 2 is 1.44 bits per heavy atom. The summed E-state index contributed by atoms with van der Waals surface area (Å²) in [7, 11) is 0. The van der Waals surface area contributed by atoms with Gasteiger partial charge < -0.3 is 11.5 Å². The van der Waals surface area contributed by atoms with Crippen LogP contribution in [-0.4, -0.2) is 30.9 Å². The molecule has 4 N–H and O–H groups in total. The van der Waals surface area contributed by atoms with Crippen LogP contribution in [0.3, 0.4) is 0 Å². The SMILES string of the molecule is NC(=O)c1cnn(-c2nnc(-c3ccccc3)c(-c3ccccc3)n2)c1N. The Bertz CT molecular complexity index is 1110. The highest BCUT2D eigenvalue weighted by molar-refractivity contribution is 5.97. The van der Waals surface area contributed by atoms with Crippen molar-refractivity contribution in [1.82, 2.24) is 25.0 Å². The van der Waals surface area contributed by atoms with Crippen molar-refractivity contribution in [2.75, 3.05) is 5.73 Å². The van der Waals surface area contributed by atoms with E-state index in [-0.39, 0.29) is 17.3 Å². The number of aromatic nitrogens is 5. The molecule has 0 aliphatic rings. The summed E-state index contributed by atoms with van der Waals surface area (Å²) >= 11 is 0. The van der Waals surface area contributed by atoms with Crippen LogP contribution in [-0.2, 0) is 0 Å². The number of nitrogens with zero attached hydrogens (tertiary/aromatic N) is 5. The van der Waals surface area contributed by atoms with Crippen LogP contribution in [0.15, 0.2) is 66.9 Å². The third-order valence-electron chi connectivity index (χ3n) is 4.03. The van der Waals surface area contributed by atoms with Gasteiger partial charge in [-0.2, -0.15) is 9.78 Å². The van der Waals surface area contributed by atoms with E-state index in [1.807, 2.05) is 60.7 Å². The standard InChI is InChI=1S/C19H15N7O/c20-17-14(18(21)27)11-22-26(17)19-23-15(12-7-3-1-4-8-12)16(24-25-19)13-9-5-2-6-10-13/h1-11H,20H2,(H2,21,27). The number of primary amides is 1. The number of nitrogen functional groups attached to an aromatic ring is 1. The van der Waals surface area contributed by atoms with Gasteiger partial charge in [0, 0.05) is 11.1 Å². The monoisotopic (exact) mass is 357 g/mol. The van der Waals surface area contributed by atoms with E-state index in [0.717, 1.165) is 11.1 Å². The first-order valence-corrected chi connectivity index (χ1v) is 8.14. The van der Waals surface area contributed by atoms with Crippen molar-refractivity contribution in [1.29, 1.82) is 0 Å². The van der Waals surface area contributed by atoms with E-state index in [1.54, 1.807) is 0 Å². The molecule has 0 atom stereocenters. The van der Waals surface area contributed by atoms with Crippen LogP contribution in [0.2, 0.25) is 0 Å². The van der Waals surface area contributed by atoms with Gasteiger partial charge in [0.2, 0.25) is 0 Å². The molecule has 0 saturated heterocycles. The van der Waals surface area contributed by atoms with Gasteiger partial charge in [0.05, 0.1) is 6.20 Å². The summed E-state index contributed by atoms with van der Waals surface area (Å²) in [5.74, 6) is -0.454. The Morgan fingerprint density at radius 3 is 2.00 bits per heavy atom. The highest BCUT2D eigenvalue weighted by atomic mass is 16.1. The zero-order valence-corrected chi connectivity index (χ0v) is 14.1. The molecular formula is C19H15N7O. The van der Waals surface area contributed by atoms with Crippen LogP contribution in [0.5, 0.6) is 0 Å². The molecule has 0 unspecified atom stereocenters. The van der Waals surface area contributed by atoms with E-state index in [4.69, 9.17) is 11.5 Å². The molecular weight excluding hydrogens is 342 g/mol. The fourth-order valence-corrected chi connectivity index (χ4v) is 2.70. The molecule has 2 heterocycles. The predicted octanol–water partition coefficient (Wildman–Crippen LogP) is 2.07. The molecule has 8 heteroatoms. The maximum absolute atomic E-state index is 11.4. The number of carbonyl (C=O) groups is 1. The van der Waals surface area contributed by atoms with Gasteiger partial charge in [0.1, 0.15) is 22.8 Å². The van der Waals surface area contributed by atoms with Crippen molar-refractivity contribution in [3.05, 3.63) is 72.4 Å². The topological polar surface area (TPSA) is 126 Å². The van der Waals surface area contributed by atoms with Crippen LogP contribution in [0.25, 0.3) is 28.5 Å². The van der Waals surface area contributed by atoms with Gasteiger partial charge in [-0.05, 0) is 0 Å². The first-order valence-electron chi connectivity index (χ1n) is 8.14. The molecule has 4 rings (SSSR count). The third kappa shape index (κ3) is 2.99. The second-order valence-electron chi connectivity index (χ2n) is 5.76. The molecule has 0 bridgehead atoms. The Kier molecular flexibility index (Phi) is 4.06. The molecule has 8 nitrogen and oxygen atoms in total. The molecule has 0 aliphatic heterocycles. The van der Waals surface area contributed by atoms with Crippen molar-refractivity contribution in [3.63, 3.8) is 0 Å². The number of nitrogens with two attached hydrogens (primary N) is 2.